The normalized spacial score (nSPS) is 8.86. The van der Waals surface area contributed by atoms with E-state index in [0.29, 0.717) is 0 Å². The minimum atomic E-state index is 0.0606. The van der Waals surface area contributed by atoms with Gasteiger partial charge in [-0.05, 0) is 0 Å². The molecule has 3 nitrogen and oxygen atoms in total. The third-order valence-electron chi connectivity index (χ3n) is 0.464. The van der Waals surface area contributed by atoms with Gasteiger partial charge in [0.2, 0.25) is 12.4 Å². The molecule has 0 atom stereocenters. The van der Waals surface area contributed by atoms with Gasteiger partial charge >= 0.3 is 0 Å². The summed E-state index contributed by atoms with van der Waals surface area (Å²) in [6, 6.07) is 0. The molecule has 0 heterocycles. The molecule has 0 saturated heterocycles. The van der Waals surface area contributed by atoms with Crippen molar-refractivity contribution in [3.8, 4) is 0 Å². The molecule has 7 heavy (non-hydrogen) atoms. The summed E-state index contributed by atoms with van der Waals surface area (Å²) in [5.41, 5.74) is 4.96. The molecule has 0 aliphatic rings. The van der Waals surface area contributed by atoms with Gasteiger partial charge in [0.05, 0.1) is 0 Å². The van der Waals surface area contributed by atoms with Gasteiger partial charge in [-0.1, -0.05) is 0 Å². The molecular formula is C4H10NO2+. The third kappa shape index (κ3) is 5.59. The molecule has 0 amide bonds. The van der Waals surface area contributed by atoms with Gasteiger partial charge in [0, 0.05) is 6.92 Å². The quantitative estimate of drug-likeness (QED) is 0.369. The van der Waals surface area contributed by atoms with Gasteiger partial charge in [-0.3, -0.25) is 10.5 Å². The molecule has 0 spiro atoms. The van der Waals surface area contributed by atoms with Crippen molar-refractivity contribution in [3.05, 3.63) is 0 Å². The number of Topliss-reactive ketones (excluding diaryl/α,β-unsaturated/α-hetero) is 1. The van der Waals surface area contributed by atoms with Crippen LogP contribution in [-0.2, 0) is 4.79 Å². The van der Waals surface area contributed by atoms with E-state index in [9.17, 15) is 4.79 Å². The van der Waals surface area contributed by atoms with E-state index in [2.05, 4.69) is 4.74 Å². The van der Waals surface area contributed by atoms with E-state index in [-0.39, 0.29) is 19.1 Å². The Morgan fingerprint density at radius 2 is 2.43 bits per heavy atom. The molecule has 0 aromatic rings. The molecule has 3 N–H and O–H groups in total. The lowest BCUT2D eigenvalue weighted by atomic mass is 10.5. The van der Waals surface area contributed by atoms with Gasteiger partial charge in [-0.15, -0.1) is 0 Å². The largest absolute Gasteiger partial charge is 0.416 e. The van der Waals surface area contributed by atoms with Crippen LogP contribution in [0.25, 0.3) is 0 Å². The summed E-state index contributed by atoms with van der Waals surface area (Å²) in [4.78, 5) is 10.1. The first kappa shape index (κ1) is 6.59. The number of hydrogen-bond acceptors (Lipinski definition) is 2. The fourth-order valence-corrected chi connectivity index (χ4v) is 0.222. The van der Waals surface area contributed by atoms with E-state index in [1.54, 1.807) is 0 Å². The Morgan fingerprint density at radius 1 is 1.86 bits per heavy atom. The summed E-state index contributed by atoms with van der Waals surface area (Å²) in [6.07, 6.45) is 0. The van der Waals surface area contributed by atoms with Gasteiger partial charge < -0.3 is 4.74 Å². The second-order valence-corrected chi connectivity index (χ2v) is 1.27. The number of rotatable bonds is 3. The zero-order valence-electron chi connectivity index (χ0n) is 4.35. The molecule has 0 bridgehead atoms. The average Bonchev–Trinajstić information content (AvgIpc) is 1.61. The second-order valence-electron chi connectivity index (χ2n) is 1.27. The third-order valence-corrected chi connectivity index (χ3v) is 0.464. The Hall–Kier alpha value is -0.410. The summed E-state index contributed by atoms with van der Waals surface area (Å²) in [6.45, 7) is 2.00. The highest BCUT2D eigenvalue weighted by Gasteiger charge is 1.91. The lowest BCUT2D eigenvalue weighted by Crippen LogP contribution is -2.15. The Labute approximate surface area is 42.4 Å². The molecule has 0 aromatic carbocycles. The fraction of sp³-hybridized carbons (Fsp3) is 0.750. The summed E-state index contributed by atoms with van der Waals surface area (Å²) in [7, 11) is 0. The van der Waals surface area contributed by atoms with Crippen LogP contribution in [0.2, 0.25) is 0 Å². The molecule has 0 fully saturated rings. The van der Waals surface area contributed by atoms with Crippen LogP contribution >= 0.6 is 0 Å². The summed E-state index contributed by atoms with van der Waals surface area (Å²) in [5.74, 6) is 0.0606. The van der Waals surface area contributed by atoms with Gasteiger partial charge in [0.25, 0.3) is 0 Å². The summed E-state index contributed by atoms with van der Waals surface area (Å²) in [5, 5.41) is 0. The van der Waals surface area contributed by atoms with E-state index in [4.69, 9.17) is 5.73 Å². The number of carbonyl (C=O) groups excluding carboxylic acids is 1. The minimum absolute atomic E-state index is 0.0606. The number of aliphatic hydroxyl groups is 2. The SMILES string of the molecule is CC(=O)C[OH+]CN. The van der Waals surface area contributed by atoms with Crippen LogP contribution in [0.5, 0.6) is 0 Å². The van der Waals surface area contributed by atoms with Crippen molar-refractivity contribution in [2.24, 2.45) is 5.73 Å². The molecule has 0 aliphatic carbocycles. The maximum absolute atomic E-state index is 10.1. The number of ketones is 1. The predicted molar refractivity (Wildman–Crippen MR) is 26.8 cm³/mol. The minimum Gasteiger partial charge on any atom is -0.416 e. The molecule has 0 saturated carbocycles. The van der Waals surface area contributed by atoms with Crippen molar-refractivity contribution in [3.63, 3.8) is 0 Å². The van der Waals surface area contributed by atoms with Gasteiger partial charge in [-0.25, -0.2) is 0 Å². The highest BCUT2D eigenvalue weighted by Crippen LogP contribution is 1.64. The number of carbonyl (C=O) groups is 1. The lowest BCUT2D eigenvalue weighted by molar-refractivity contribution is -0.131. The van der Waals surface area contributed by atoms with Crippen LogP contribution in [-0.4, -0.2) is 23.9 Å². The van der Waals surface area contributed by atoms with E-state index >= 15 is 0 Å². The molecule has 3 heteroatoms. The van der Waals surface area contributed by atoms with Crippen molar-refractivity contribution in [1.29, 1.82) is 0 Å². The van der Waals surface area contributed by atoms with Gasteiger partial charge in [-0.2, -0.15) is 0 Å². The first-order valence-corrected chi connectivity index (χ1v) is 2.10. The summed E-state index contributed by atoms with van der Waals surface area (Å²) >= 11 is 0. The number of hydrogen-bond donors (Lipinski definition) is 1. The standard InChI is InChI=1S/C4H9NO2/c1-4(6)2-7-3-5/h2-3,5H2,1H3/p+1. The maximum atomic E-state index is 10.1. The Bertz CT molecular complexity index is 62.7. The van der Waals surface area contributed by atoms with Crippen LogP contribution in [0.4, 0.5) is 0 Å². The highest BCUT2D eigenvalue weighted by molar-refractivity contribution is 5.76. The topological polar surface area (TPSA) is 55.9 Å². The van der Waals surface area contributed by atoms with Gasteiger partial charge in [0.15, 0.2) is 6.73 Å². The first-order valence-electron chi connectivity index (χ1n) is 2.10. The van der Waals surface area contributed by atoms with E-state index < -0.39 is 0 Å². The van der Waals surface area contributed by atoms with Crippen LogP contribution in [0.15, 0.2) is 0 Å². The summed E-state index contributed by atoms with van der Waals surface area (Å²) < 4.78 is 3.60. The molecule has 0 rings (SSSR count). The van der Waals surface area contributed by atoms with E-state index in [1.807, 2.05) is 0 Å². The number of ether oxygens (including phenoxy) is 1. The number of nitrogens with two attached hydrogens (primary N) is 1. The van der Waals surface area contributed by atoms with Crippen molar-refractivity contribution in [2.45, 2.75) is 6.92 Å². The molecule has 42 valence electrons. The van der Waals surface area contributed by atoms with Crippen LogP contribution < -0.4 is 5.73 Å². The van der Waals surface area contributed by atoms with E-state index in [0.717, 1.165) is 0 Å². The van der Waals surface area contributed by atoms with Crippen LogP contribution in [0.3, 0.4) is 0 Å². The monoisotopic (exact) mass is 104 g/mol. The van der Waals surface area contributed by atoms with Crippen molar-refractivity contribution in [2.75, 3.05) is 13.3 Å². The Kier molecular flexibility index (Phi) is 3.55. The smallest absolute Gasteiger partial charge is 0.205 e. The van der Waals surface area contributed by atoms with Gasteiger partial charge in [0.1, 0.15) is 0 Å². The molecular weight excluding hydrogens is 94.0 g/mol. The van der Waals surface area contributed by atoms with Crippen molar-refractivity contribution in [1.82, 2.24) is 0 Å². The molecule has 0 aromatic heterocycles. The molecule has 0 aliphatic heterocycles. The fourth-order valence-electron chi connectivity index (χ4n) is 0.222. The van der Waals surface area contributed by atoms with Crippen molar-refractivity contribution >= 4 is 5.78 Å². The highest BCUT2D eigenvalue weighted by atomic mass is 16.5. The molecule has 0 unspecified atom stereocenters. The lowest BCUT2D eigenvalue weighted by Gasteiger charge is -1.88. The average molecular weight is 104 g/mol. The maximum Gasteiger partial charge on any atom is 0.205 e. The zero-order chi connectivity index (χ0) is 5.70. The predicted octanol–water partition coefficient (Wildman–Crippen LogP) is -0.980. The first-order chi connectivity index (χ1) is 3.27. The second kappa shape index (κ2) is 3.77. The van der Waals surface area contributed by atoms with Crippen LogP contribution in [0, 0.1) is 0 Å². The van der Waals surface area contributed by atoms with E-state index in [1.165, 1.54) is 6.92 Å². The Morgan fingerprint density at radius 3 is 2.57 bits per heavy atom. The zero-order valence-corrected chi connectivity index (χ0v) is 4.35. The Balaban J connectivity index is 2.82. The molecule has 0 radical (unpaired) electrons. The van der Waals surface area contributed by atoms with Crippen molar-refractivity contribution < 1.29 is 9.53 Å². The van der Waals surface area contributed by atoms with Crippen LogP contribution in [0.1, 0.15) is 6.92 Å².